The lowest BCUT2D eigenvalue weighted by atomic mass is 9.99. The van der Waals surface area contributed by atoms with Gasteiger partial charge in [0, 0.05) is 14.1 Å². The van der Waals surface area contributed by atoms with Gasteiger partial charge in [0.15, 0.2) is 0 Å². The number of nitrogens with zero attached hydrogens (tertiary/aromatic N) is 3. The summed E-state index contributed by atoms with van der Waals surface area (Å²) in [7, 11) is 3.62. The van der Waals surface area contributed by atoms with E-state index in [9.17, 15) is 13.6 Å². The van der Waals surface area contributed by atoms with E-state index in [4.69, 9.17) is 0 Å². The summed E-state index contributed by atoms with van der Waals surface area (Å²) in [6, 6.07) is 10.4. The van der Waals surface area contributed by atoms with Crippen LogP contribution in [0.2, 0.25) is 0 Å². The molecule has 0 atom stereocenters. The minimum Gasteiger partial charge on any atom is -0.347 e. The Hall–Kier alpha value is -3.55. The van der Waals surface area contributed by atoms with Crippen molar-refractivity contribution >= 4 is 17.7 Å². The summed E-state index contributed by atoms with van der Waals surface area (Å²) >= 11 is 0. The minimum absolute atomic E-state index is 0.385. The Kier molecular flexibility index (Phi) is 5.78. The summed E-state index contributed by atoms with van der Waals surface area (Å²) in [6.45, 7) is 0. The van der Waals surface area contributed by atoms with Crippen molar-refractivity contribution < 1.29 is 13.6 Å². The number of amides is 2. The van der Waals surface area contributed by atoms with Crippen LogP contribution in [0.4, 0.5) is 25.2 Å². The Bertz CT molecular complexity index is 883. The van der Waals surface area contributed by atoms with Gasteiger partial charge in [-0.1, -0.05) is 24.3 Å². The predicted octanol–water partition coefficient (Wildman–Crippen LogP) is 3.73. The fourth-order valence-electron chi connectivity index (χ4n) is 2.58. The highest BCUT2D eigenvalue weighted by Gasteiger charge is 2.17. The molecule has 2 amide bonds. The number of hydrogen-bond acceptors (Lipinski definition) is 4. The molecule has 28 heavy (non-hydrogen) atoms. The maximum absolute atomic E-state index is 13.3. The third-order valence-corrected chi connectivity index (χ3v) is 3.98. The molecule has 3 aromatic rings. The van der Waals surface area contributed by atoms with E-state index in [1.165, 1.54) is 36.7 Å². The molecule has 0 aliphatic rings. The number of nitrogens with one attached hydrogen (secondary N) is 2. The minimum atomic E-state index is -0.594. The van der Waals surface area contributed by atoms with Crippen LogP contribution < -0.4 is 15.5 Å². The number of urea groups is 1. The van der Waals surface area contributed by atoms with Gasteiger partial charge in [-0.25, -0.2) is 23.5 Å². The number of aromatic nitrogens is 2. The molecule has 0 saturated carbocycles. The number of carbonyl (C=O) groups excluding carboxylic acids is 1. The third-order valence-electron chi connectivity index (χ3n) is 3.98. The van der Waals surface area contributed by atoms with Gasteiger partial charge in [0.25, 0.3) is 0 Å². The number of carbonyl (C=O) groups is 1. The molecule has 144 valence electrons. The lowest BCUT2D eigenvalue weighted by Crippen LogP contribution is -2.33. The maximum atomic E-state index is 13.3. The molecule has 1 aromatic heterocycles. The summed E-state index contributed by atoms with van der Waals surface area (Å²) in [5.74, 6) is -0.255. The van der Waals surface area contributed by atoms with E-state index in [-0.39, 0.29) is 11.6 Å². The lowest BCUT2D eigenvalue weighted by Gasteiger charge is -2.20. The highest BCUT2D eigenvalue weighted by molar-refractivity contribution is 5.89. The van der Waals surface area contributed by atoms with Gasteiger partial charge in [0.2, 0.25) is 5.95 Å². The molecule has 2 aromatic carbocycles. The van der Waals surface area contributed by atoms with Gasteiger partial charge in [-0.15, -0.1) is 0 Å². The number of benzene rings is 2. The highest BCUT2D eigenvalue weighted by Crippen LogP contribution is 2.23. The summed E-state index contributed by atoms with van der Waals surface area (Å²) < 4.78 is 26.6. The molecule has 0 bridgehead atoms. The van der Waals surface area contributed by atoms with E-state index >= 15 is 0 Å². The SMILES string of the molecule is CN(C)c1ncc(NC(=O)NC(c2ccc(F)cc2)c2ccc(F)cc2)cn1. The van der Waals surface area contributed by atoms with Gasteiger partial charge in [0.1, 0.15) is 11.6 Å². The van der Waals surface area contributed by atoms with E-state index < -0.39 is 12.1 Å². The van der Waals surface area contributed by atoms with Crippen LogP contribution >= 0.6 is 0 Å². The number of anilines is 2. The molecule has 0 fully saturated rings. The second-order valence-electron chi connectivity index (χ2n) is 6.30. The van der Waals surface area contributed by atoms with Crippen LogP contribution in [0.25, 0.3) is 0 Å². The molecule has 0 aliphatic heterocycles. The zero-order valence-electron chi connectivity index (χ0n) is 15.4. The number of hydrogen-bond donors (Lipinski definition) is 2. The standard InChI is InChI=1S/C20H19F2N5O/c1-27(2)19-23-11-17(12-24-19)25-20(28)26-18(13-3-7-15(21)8-4-13)14-5-9-16(22)10-6-14/h3-12,18H,1-2H3,(H2,25,26,28). The van der Waals surface area contributed by atoms with E-state index in [0.717, 1.165) is 0 Å². The number of halogens is 2. The average Bonchev–Trinajstić information content (AvgIpc) is 2.68. The van der Waals surface area contributed by atoms with Crippen LogP contribution in [0.15, 0.2) is 60.9 Å². The van der Waals surface area contributed by atoms with Crippen molar-refractivity contribution in [2.75, 3.05) is 24.3 Å². The van der Waals surface area contributed by atoms with Gasteiger partial charge >= 0.3 is 6.03 Å². The van der Waals surface area contributed by atoms with Crippen LogP contribution in [-0.2, 0) is 0 Å². The predicted molar refractivity (Wildman–Crippen MR) is 103 cm³/mol. The first-order valence-corrected chi connectivity index (χ1v) is 8.50. The van der Waals surface area contributed by atoms with E-state index in [1.807, 2.05) is 14.1 Å². The van der Waals surface area contributed by atoms with Crippen LogP contribution in [0.1, 0.15) is 17.2 Å². The van der Waals surface area contributed by atoms with E-state index in [2.05, 4.69) is 20.6 Å². The molecule has 0 unspecified atom stereocenters. The third kappa shape index (κ3) is 4.79. The van der Waals surface area contributed by atoms with Crippen molar-refractivity contribution in [3.05, 3.63) is 83.7 Å². The van der Waals surface area contributed by atoms with Gasteiger partial charge in [0.05, 0.1) is 24.1 Å². The molecule has 0 radical (unpaired) electrons. The molecule has 0 aliphatic carbocycles. The summed E-state index contributed by atoms with van der Waals surface area (Å²) in [5, 5.41) is 5.47. The second-order valence-corrected chi connectivity index (χ2v) is 6.30. The van der Waals surface area contributed by atoms with Crippen LogP contribution in [0.5, 0.6) is 0 Å². The van der Waals surface area contributed by atoms with Crippen molar-refractivity contribution in [1.82, 2.24) is 15.3 Å². The molecule has 2 N–H and O–H groups in total. The zero-order chi connectivity index (χ0) is 20.1. The fourth-order valence-corrected chi connectivity index (χ4v) is 2.58. The van der Waals surface area contributed by atoms with Crippen LogP contribution in [0.3, 0.4) is 0 Å². The highest BCUT2D eigenvalue weighted by atomic mass is 19.1. The maximum Gasteiger partial charge on any atom is 0.320 e. The Morgan fingerprint density at radius 3 is 1.79 bits per heavy atom. The smallest absolute Gasteiger partial charge is 0.320 e. The quantitative estimate of drug-likeness (QED) is 0.704. The second kappa shape index (κ2) is 8.43. The van der Waals surface area contributed by atoms with Crippen molar-refractivity contribution in [1.29, 1.82) is 0 Å². The molecule has 8 heteroatoms. The molecule has 1 heterocycles. The Labute approximate surface area is 161 Å². The topological polar surface area (TPSA) is 70.2 Å². The average molecular weight is 383 g/mol. The largest absolute Gasteiger partial charge is 0.347 e. The Morgan fingerprint density at radius 2 is 1.36 bits per heavy atom. The molecule has 0 saturated heterocycles. The van der Waals surface area contributed by atoms with Crippen molar-refractivity contribution in [3.63, 3.8) is 0 Å². The van der Waals surface area contributed by atoms with Crippen molar-refractivity contribution in [3.8, 4) is 0 Å². The summed E-state index contributed by atoms with van der Waals surface area (Å²) in [5.41, 5.74) is 1.73. The van der Waals surface area contributed by atoms with Gasteiger partial charge in [-0.2, -0.15) is 0 Å². The van der Waals surface area contributed by atoms with Crippen LogP contribution in [0, 0.1) is 11.6 Å². The zero-order valence-corrected chi connectivity index (χ0v) is 15.4. The van der Waals surface area contributed by atoms with E-state index in [1.54, 1.807) is 29.2 Å². The molecular weight excluding hydrogens is 364 g/mol. The number of rotatable bonds is 5. The summed E-state index contributed by atoms with van der Waals surface area (Å²) in [6.07, 6.45) is 2.99. The van der Waals surface area contributed by atoms with Crippen molar-refractivity contribution in [2.45, 2.75) is 6.04 Å². The monoisotopic (exact) mass is 383 g/mol. The lowest BCUT2D eigenvalue weighted by molar-refractivity contribution is 0.250. The van der Waals surface area contributed by atoms with Crippen LogP contribution in [-0.4, -0.2) is 30.1 Å². The normalized spacial score (nSPS) is 10.6. The molecule has 6 nitrogen and oxygen atoms in total. The first kappa shape index (κ1) is 19.2. The fraction of sp³-hybridized carbons (Fsp3) is 0.150. The van der Waals surface area contributed by atoms with Gasteiger partial charge in [-0.3, -0.25) is 0 Å². The molecule has 0 spiro atoms. The van der Waals surface area contributed by atoms with Gasteiger partial charge in [-0.05, 0) is 35.4 Å². The van der Waals surface area contributed by atoms with Crippen molar-refractivity contribution in [2.24, 2.45) is 0 Å². The van der Waals surface area contributed by atoms with E-state index in [0.29, 0.717) is 22.8 Å². The first-order chi connectivity index (χ1) is 13.4. The summed E-state index contributed by atoms with van der Waals surface area (Å²) in [4.78, 5) is 22.5. The van der Waals surface area contributed by atoms with Gasteiger partial charge < -0.3 is 15.5 Å². The molecular formula is C20H19F2N5O. The Morgan fingerprint density at radius 1 is 0.893 bits per heavy atom. The molecule has 3 rings (SSSR count). The first-order valence-electron chi connectivity index (χ1n) is 8.50. The Balaban J connectivity index is 1.79.